The van der Waals surface area contributed by atoms with Gasteiger partial charge in [-0.15, -0.1) is 0 Å². The number of carbonyl (C=O) groups excluding carboxylic acids is 2. The van der Waals surface area contributed by atoms with E-state index in [1.165, 1.54) is 0 Å². The van der Waals surface area contributed by atoms with Crippen LogP contribution < -0.4 is 16.0 Å². The molecule has 8 nitrogen and oxygen atoms in total. The molecule has 1 aromatic heterocycles. The molecule has 3 aromatic rings. The van der Waals surface area contributed by atoms with Crippen LogP contribution in [0.15, 0.2) is 73.1 Å². The van der Waals surface area contributed by atoms with Crippen LogP contribution in [-0.4, -0.2) is 72.9 Å². The summed E-state index contributed by atoms with van der Waals surface area (Å²) in [5.74, 6) is -0.656. The van der Waals surface area contributed by atoms with E-state index in [1.807, 2.05) is 36.4 Å². The fourth-order valence-electron chi connectivity index (χ4n) is 4.21. The molecule has 2 amide bonds. The number of likely N-dealkylation sites (N-methyl/N-ethyl adjacent to an activating group) is 1. The van der Waals surface area contributed by atoms with Gasteiger partial charge in [-0.05, 0) is 68.5 Å². The number of nitrogens with two attached hydrogens (primary N) is 1. The molecule has 1 saturated heterocycles. The number of hydrogen-bond donors (Lipinski definition) is 2. The topological polar surface area (TPSA) is 94.8 Å². The molecule has 0 unspecified atom stereocenters. The predicted octanol–water partition coefficient (Wildman–Crippen LogP) is 3.21. The van der Waals surface area contributed by atoms with Gasteiger partial charge in [-0.1, -0.05) is 12.1 Å². The fourth-order valence-corrected chi connectivity index (χ4v) is 4.21. The molecule has 8 heteroatoms. The quantitative estimate of drug-likeness (QED) is 0.497. The summed E-state index contributed by atoms with van der Waals surface area (Å²) in [5, 5.41) is 2.91. The standard InChI is InChI=1S/C27H32N6O2/c1-31-15-17-32(18-16-31)13-4-14-33(24-7-2-5-21(19-24)26(28)34)25-8-3-6-22(20-25)27(35)30-23-9-11-29-12-10-23/h2-3,5-12,19-20H,4,13-18H2,1H3,(H2,28,34)(H,29,30,35). The SMILES string of the molecule is CN1CCN(CCCN(c2cccc(C(N)=O)c2)c2cccc(C(=O)Nc3ccncc3)c2)CC1. The van der Waals surface area contributed by atoms with E-state index in [0.717, 1.165) is 57.1 Å². The molecule has 0 atom stereocenters. The minimum atomic E-state index is -0.463. The zero-order valence-electron chi connectivity index (χ0n) is 20.1. The van der Waals surface area contributed by atoms with Crippen LogP contribution in [0.3, 0.4) is 0 Å². The number of benzene rings is 2. The van der Waals surface area contributed by atoms with Crippen molar-refractivity contribution in [2.45, 2.75) is 6.42 Å². The predicted molar refractivity (Wildman–Crippen MR) is 139 cm³/mol. The molecule has 2 aromatic carbocycles. The number of rotatable bonds is 9. The van der Waals surface area contributed by atoms with Gasteiger partial charge in [-0.25, -0.2) is 0 Å². The van der Waals surface area contributed by atoms with Gasteiger partial charge in [0.05, 0.1) is 0 Å². The highest BCUT2D eigenvalue weighted by Crippen LogP contribution is 2.28. The van der Waals surface area contributed by atoms with Gasteiger partial charge in [-0.2, -0.15) is 0 Å². The molecule has 0 saturated carbocycles. The van der Waals surface area contributed by atoms with Crippen molar-refractivity contribution in [3.05, 3.63) is 84.2 Å². The second-order valence-corrected chi connectivity index (χ2v) is 8.81. The van der Waals surface area contributed by atoms with Crippen LogP contribution in [0.2, 0.25) is 0 Å². The first-order valence-electron chi connectivity index (χ1n) is 11.9. The highest BCUT2D eigenvalue weighted by atomic mass is 16.2. The minimum Gasteiger partial charge on any atom is -0.366 e. The van der Waals surface area contributed by atoms with E-state index >= 15 is 0 Å². The van der Waals surface area contributed by atoms with E-state index in [2.05, 4.69) is 32.0 Å². The molecule has 2 heterocycles. The highest BCUT2D eigenvalue weighted by Gasteiger charge is 2.17. The fraction of sp³-hybridized carbons (Fsp3) is 0.296. The summed E-state index contributed by atoms with van der Waals surface area (Å²) >= 11 is 0. The van der Waals surface area contributed by atoms with Gasteiger partial charge in [0.1, 0.15) is 0 Å². The Kier molecular flexibility index (Phi) is 8.07. The molecule has 0 aliphatic carbocycles. The number of primary amides is 1. The summed E-state index contributed by atoms with van der Waals surface area (Å²) in [4.78, 5) is 35.7. The first-order valence-corrected chi connectivity index (χ1v) is 11.9. The number of piperazine rings is 1. The van der Waals surface area contributed by atoms with E-state index < -0.39 is 5.91 Å². The van der Waals surface area contributed by atoms with Gasteiger partial charge in [0.15, 0.2) is 0 Å². The Hall–Kier alpha value is -3.75. The number of nitrogens with one attached hydrogen (secondary N) is 1. The minimum absolute atomic E-state index is 0.193. The summed E-state index contributed by atoms with van der Waals surface area (Å²) < 4.78 is 0. The molecule has 182 valence electrons. The van der Waals surface area contributed by atoms with Crippen LogP contribution in [0.1, 0.15) is 27.1 Å². The third-order valence-electron chi connectivity index (χ3n) is 6.25. The van der Waals surface area contributed by atoms with Gasteiger partial charge >= 0.3 is 0 Å². The zero-order chi connectivity index (χ0) is 24.6. The molecule has 1 aliphatic heterocycles. The number of nitrogens with zero attached hydrogens (tertiary/aromatic N) is 4. The van der Waals surface area contributed by atoms with Crippen LogP contribution in [0.25, 0.3) is 0 Å². The molecular weight excluding hydrogens is 440 g/mol. The Morgan fingerprint density at radius 3 is 2.23 bits per heavy atom. The van der Waals surface area contributed by atoms with Crippen molar-refractivity contribution in [3.8, 4) is 0 Å². The lowest BCUT2D eigenvalue weighted by atomic mass is 10.1. The van der Waals surface area contributed by atoms with Crippen molar-refractivity contribution >= 4 is 28.9 Å². The third kappa shape index (κ3) is 6.65. The first kappa shape index (κ1) is 24.4. The molecule has 35 heavy (non-hydrogen) atoms. The summed E-state index contributed by atoms with van der Waals surface area (Å²) in [5.41, 5.74) is 8.99. The second-order valence-electron chi connectivity index (χ2n) is 8.81. The summed E-state index contributed by atoms with van der Waals surface area (Å²) in [6.45, 7) is 6.03. The smallest absolute Gasteiger partial charge is 0.255 e. The van der Waals surface area contributed by atoms with E-state index in [4.69, 9.17) is 5.73 Å². The van der Waals surface area contributed by atoms with Crippen LogP contribution >= 0.6 is 0 Å². The average Bonchev–Trinajstić information content (AvgIpc) is 2.88. The number of hydrogen-bond acceptors (Lipinski definition) is 6. The lowest BCUT2D eigenvalue weighted by molar-refractivity contribution is 0.0997. The number of anilines is 3. The Labute approximate surface area is 206 Å². The maximum Gasteiger partial charge on any atom is 0.255 e. The van der Waals surface area contributed by atoms with Crippen LogP contribution in [0.4, 0.5) is 17.1 Å². The van der Waals surface area contributed by atoms with Crippen molar-refractivity contribution in [2.24, 2.45) is 5.73 Å². The van der Waals surface area contributed by atoms with Crippen LogP contribution in [0, 0.1) is 0 Å². The van der Waals surface area contributed by atoms with Gasteiger partial charge in [0.25, 0.3) is 5.91 Å². The van der Waals surface area contributed by atoms with Crippen molar-refractivity contribution in [2.75, 3.05) is 56.5 Å². The van der Waals surface area contributed by atoms with Gasteiger partial charge in [0.2, 0.25) is 5.91 Å². The number of carbonyl (C=O) groups is 2. The molecule has 0 radical (unpaired) electrons. The zero-order valence-corrected chi connectivity index (χ0v) is 20.1. The maximum atomic E-state index is 12.9. The lowest BCUT2D eigenvalue weighted by Gasteiger charge is -2.33. The maximum absolute atomic E-state index is 12.9. The molecule has 0 bridgehead atoms. The van der Waals surface area contributed by atoms with E-state index in [0.29, 0.717) is 16.8 Å². The van der Waals surface area contributed by atoms with Crippen LogP contribution in [0.5, 0.6) is 0 Å². The Morgan fingerprint density at radius 2 is 1.57 bits per heavy atom. The molecule has 3 N–H and O–H groups in total. The van der Waals surface area contributed by atoms with Crippen molar-refractivity contribution in [1.29, 1.82) is 0 Å². The number of aromatic nitrogens is 1. The highest BCUT2D eigenvalue weighted by molar-refractivity contribution is 6.05. The Morgan fingerprint density at radius 1 is 0.943 bits per heavy atom. The lowest BCUT2D eigenvalue weighted by Crippen LogP contribution is -2.45. The van der Waals surface area contributed by atoms with Gasteiger partial charge in [-0.3, -0.25) is 14.6 Å². The Bertz CT molecular complexity index is 1150. The van der Waals surface area contributed by atoms with Crippen LogP contribution in [-0.2, 0) is 0 Å². The number of pyridine rings is 1. The van der Waals surface area contributed by atoms with Crippen molar-refractivity contribution in [3.63, 3.8) is 0 Å². The molecule has 1 fully saturated rings. The third-order valence-corrected chi connectivity index (χ3v) is 6.25. The largest absolute Gasteiger partial charge is 0.366 e. The molecular formula is C27H32N6O2. The van der Waals surface area contributed by atoms with Crippen molar-refractivity contribution in [1.82, 2.24) is 14.8 Å². The van der Waals surface area contributed by atoms with E-state index in [-0.39, 0.29) is 5.91 Å². The van der Waals surface area contributed by atoms with Crippen molar-refractivity contribution < 1.29 is 9.59 Å². The summed E-state index contributed by atoms with van der Waals surface area (Å²) in [6.07, 6.45) is 4.22. The first-order chi connectivity index (χ1) is 17.0. The van der Waals surface area contributed by atoms with E-state index in [9.17, 15) is 9.59 Å². The summed E-state index contributed by atoms with van der Waals surface area (Å²) in [7, 11) is 2.16. The molecule has 1 aliphatic rings. The van der Waals surface area contributed by atoms with E-state index in [1.54, 1.807) is 36.7 Å². The average molecular weight is 473 g/mol. The van der Waals surface area contributed by atoms with Gasteiger partial charge < -0.3 is 25.8 Å². The monoisotopic (exact) mass is 472 g/mol. The molecule has 4 rings (SSSR count). The summed E-state index contributed by atoms with van der Waals surface area (Å²) in [6, 6.07) is 18.4. The van der Waals surface area contributed by atoms with Gasteiger partial charge in [0, 0.05) is 73.3 Å². The normalized spacial score (nSPS) is 14.4. The molecule has 0 spiro atoms. The Balaban J connectivity index is 1.54. The number of amides is 2. The second kappa shape index (κ2) is 11.6.